The molecular formula is C16H12ClFN4. The minimum atomic E-state index is -0.257. The number of aromatic nitrogens is 3. The molecule has 0 spiro atoms. The van der Waals surface area contributed by atoms with E-state index in [0.717, 1.165) is 11.1 Å². The number of benzene rings is 1. The highest BCUT2D eigenvalue weighted by atomic mass is 35.5. The third-order valence-electron chi connectivity index (χ3n) is 3.00. The molecule has 3 rings (SSSR count). The maximum atomic E-state index is 12.9. The summed E-state index contributed by atoms with van der Waals surface area (Å²) in [6, 6.07) is 11.6. The maximum absolute atomic E-state index is 12.9. The van der Waals surface area contributed by atoms with E-state index >= 15 is 0 Å². The summed E-state index contributed by atoms with van der Waals surface area (Å²) in [5.41, 5.74) is 1.73. The van der Waals surface area contributed by atoms with Crippen molar-refractivity contribution in [1.29, 1.82) is 0 Å². The fraction of sp³-hybridized carbons (Fsp3) is 0.0625. The molecule has 6 heteroatoms. The minimum Gasteiger partial charge on any atom is -0.366 e. The van der Waals surface area contributed by atoms with Crippen molar-refractivity contribution in [2.45, 2.75) is 6.54 Å². The van der Waals surface area contributed by atoms with Crippen LogP contribution in [0.25, 0.3) is 11.4 Å². The Kier molecular flexibility index (Phi) is 4.25. The molecule has 22 heavy (non-hydrogen) atoms. The van der Waals surface area contributed by atoms with Gasteiger partial charge >= 0.3 is 0 Å². The van der Waals surface area contributed by atoms with E-state index in [4.69, 9.17) is 11.6 Å². The van der Waals surface area contributed by atoms with Crippen molar-refractivity contribution < 1.29 is 4.39 Å². The monoisotopic (exact) mass is 314 g/mol. The molecule has 0 saturated heterocycles. The molecular weight excluding hydrogens is 303 g/mol. The maximum Gasteiger partial charge on any atom is 0.164 e. The molecule has 110 valence electrons. The molecule has 0 atom stereocenters. The van der Waals surface area contributed by atoms with Gasteiger partial charge in [-0.3, -0.25) is 4.98 Å². The first-order chi connectivity index (χ1) is 10.7. The summed E-state index contributed by atoms with van der Waals surface area (Å²) >= 11 is 6.04. The lowest BCUT2D eigenvalue weighted by Crippen LogP contribution is -2.03. The first-order valence-electron chi connectivity index (χ1n) is 6.64. The largest absolute Gasteiger partial charge is 0.366 e. The predicted molar refractivity (Wildman–Crippen MR) is 84.0 cm³/mol. The zero-order chi connectivity index (χ0) is 15.4. The van der Waals surface area contributed by atoms with Gasteiger partial charge in [0.2, 0.25) is 0 Å². The van der Waals surface area contributed by atoms with E-state index in [1.807, 2.05) is 12.1 Å². The van der Waals surface area contributed by atoms with Crippen LogP contribution in [0.15, 0.2) is 54.9 Å². The van der Waals surface area contributed by atoms with E-state index in [-0.39, 0.29) is 5.82 Å². The Bertz CT molecular complexity index is 763. The van der Waals surface area contributed by atoms with Crippen LogP contribution >= 0.6 is 11.6 Å². The number of anilines is 1. The number of hydrogen-bond donors (Lipinski definition) is 1. The van der Waals surface area contributed by atoms with Crippen molar-refractivity contribution >= 4 is 17.4 Å². The van der Waals surface area contributed by atoms with Crippen molar-refractivity contribution in [3.8, 4) is 11.4 Å². The number of hydrogen-bond acceptors (Lipinski definition) is 4. The number of pyridine rings is 1. The highest BCUT2D eigenvalue weighted by Crippen LogP contribution is 2.19. The second-order valence-electron chi connectivity index (χ2n) is 4.62. The molecule has 0 aliphatic rings. The second-order valence-corrected chi connectivity index (χ2v) is 5.01. The lowest BCUT2D eigenvalue weighted by molar-refractivity contribution is 0.627. The van der Waals surface area contributed by atoms with Gasteiger partial charge in [0.1, 0.15) is 16.8 Å². The molecule has 1 aromatic carbocycles. The molecule has 0 fully saturated rings. The molecule has 0 aliphatic heterocycles. The molecule has 2 aromatic heterocycles. The third kappa shape index (κ3) is 3.56. The Morgan fingerprint density at radius 1 is 1.09 bits per heavy atom. The molecule has 1 N–H and O–H groups in total. The lowest BCUT2D eigenvalue weighted by Gasteiger charge is -2.08. The van der Waals surface area contributed by atoms with Crippen molar-refractivity contribution in [2.75, 3.05) is 5.32 Å². The van der Waals surface area contributed by atoms with Crippen LogP contribution in [0.5, 0.6) is 0 Å². The Balaban J connectivity index is 1.79. The number of rotatable bonds is 4. The lowest BCUT2D eigenvalue weighted by atomic mass is 10.2. The molecule has 0 aliphatic carbocycles. The van der Waals surface area contributed by atoms with Gasteiger partial charge in [-0.25, -0.2) is 14.4 Å². The average Bonchev–Trinajstić information content (AvgIpc) is 2.55. The summed E-state index contributed by atoms with van der Waals surface area (Å²) in [7, 11) is 0. The van der Waals surface area contributed by atoms with Crippen LogP contribution in [-0.4, -0.2) is 15.0 Å². The van der Waals surface area contributed by atoms with Crippen LogP contribution in [0.3, 0.4) is 0 Å². The van der Waals surface area contributed by atoms with Crippen LogP contribution in [-0.2, 0) is 6.54 Å². The van der Waals surface area contributed by atoms with E-state index < -0.39 is 0 Å². The molecule has 3 aromatic rings. The van der Waals surface area contributed by atoms with Crippen molar-refractivity contribution in [1.82, 2.24) is 15.0 Å². The molecule has 4 nitrogen and oxygen atoms in total. The third-order valence-corrected chi connectivity index (χ3v) is 3.20. The van der Waals surface area contributed by atoms with Gasteiger partial charge in [0.15, 0.2) is 5.82 Å². The summed E-state index contributed by atoms with van der Waals surface area (Å²) in [6.07, 6.45) is 3.36. The number of halogens is 2. The number of nitrogens with one attached hydrogen (secondary N) is 1. The standard InChI is InChI=1S/C16H12ClFN4/c17-14-8-15(20-9-11-3-5-13(18)6-4-11)22-16(21-14)12-2-1-7-19-10-12/h1-8,10H,9H2,(H,20,21,22). The summed E-state index contributed by atoms with van der Waals surface area (Å²) in [6.45, 7) is 0.514. The van der Waals surface area contributed by atoms with Crippen LogP contribution in [0.4, 0.5) is 10.2 Å². The van der Waals surface area contributed by atoms with Gasteiger partial charge in [0, 0.05) is 30.6 Å². The smallest absolute Gasteiger partial charge is 0.164 e. The van der Waals surface area contributed by atoms with Gasteiger partial charge in [-0.1, -0.05) is 23.7 Å². The van der Waals surface area contributed by atoms with Gasteiger partial charge < -0.3 is 5.32 Å². The zero-order valence-corrected chi connectivity index (χ0v) is 12.3. The van der Waals surface area contributed by atoms with Crippen molar-refractivity contribution in [3.05, 3.63) is 71.4 Å². The minimum absolute atomic E-state index is 0.257. The zero-order valence-electron chi connectivity index (χ0n) is 11.5. The summed E-state index contributed by atoms with van der Waals surface area (Å²) in [5.74, 6) is 0.845. The van der Waals surface area contributed by atoms with E-state index in [2.05, 4.69) is 20.3 Å². The molecule has 0 radical (unpaired) electrons. The van der Waals surface area contributed by atoms with E-state index in [0.29, 0.717) is 23.3 Å². The van der Waals surface area contributed by atoms with Gasteiger partial charge in [-0.2, -0.15) is 0 Å². The summed E-state index contributed by atoms with van der Waals surface area (Å²) in [5, 5.41) is 3.50. The SMILES string of the molecule is Fc1ccc(CNc2cc(Cl)nc(-c3cccnc3)n2)cc1. The predicted octanol–water partition coefficient (Wildman–Crippen LogP) is 3.94. The Morgan fingerprint density at radius 2 is 1.91 bits per heavy atom. The van der Waals surface area contributed by atoms with Crippen LogP contribution < -0.4 is 5.32 Å². The topological polar surface area (TPSA) is 50.7 Å². The first-order valence-corrected chi connectivity index (χ1v) is 7.02. The molecule has 0 amide bonds. The van der Waals surface area contributed by atoms with E-state index in [1.54, 1.807) is 30.6 Å². The molecule has 0 bridgehead atoms. The first kappa shape index (κ1) is 14.4. The van der Waals surface area contributed by atoms with E-state index in [1.165, 1.54) is 12.1 Å². The normalized spacial score (nSPS) is 10.5. The van der Waals surface area contributed by atoms with Gasteiger partial charge in [-0.15, -0.1) is 0 Å². The van der Waals surface area contributed by atoms with Crippen LogP contribution in [0, 0.1) is 5.82 Å². The van der Waals surface area contributed by atoms with E-state index in [9.17, 15) is 4.39 Å². The van der Waals surface area contributed by atoms with Gasteiger partial charge in [0.05, 0.1) is 0 Å². The van der Waals surface area contributed by atoms with Crippen molar-refractivity contribution in [2.24, 2.45) is 0 Å². The number of nitrogens with zero attached hydrogens (tertiary/aromatic N) is 3. The Morgan fingerprint density at radius 3 is 2.64 bits per heavy atom. The summed E-state index contributed by atoms with van der Waals surface area (Å²) in [4.78, 5) is 12.7. The average molecular weight is 315 g/mol. The second kappa shape index (κ2) is 6.49. The highest BCUT2D eigenvalue weighted by Gasteiger charge is 2.06. The van der Waals surface area contributed by atoms with Crippen molar-refractivity contribution in [3.63, 3.8) is 0 Å². The van der Waals surface area contributed by atoms with Gasteiger partial charge in [-0.05, 0) is 29.8 Å². The van der Waals surface area contributed by atoms with Gasteiger partial charge in [0.25, 0.3) is 0 Å². The van der Waals surface area contributed by atoms with Crippen LogP contribution in [0.1, 0.15) is 5.56 Å². The van der Waals surface area contributed by atoms with Crippen LogP contribution in [0.2, 0.25) is 5.15 Å². The highest BCUT2D eigenvalue weighted by molar-refractivity contribution is 6.29. The summed E-state index contributed by atoms with van der Waals surface area (Å²) < 4.78 is 12.9. The quantitative estimate of drug-likeness (QED) is 0.741. The molecule has 0 saturated carbocycles. The molecule has 0 unspecified atom stereocenters. The fourth-order valence-corrected chi connectivity index (χ4v) is 2.11. The Hall–Kier alpha value is -2.53. The Labute approximate surface area is 132 Å². The fourth-order valence-electron chi connectivity index (χ4n) is 1.93. The molecule has 2 heterocycles.